The number of likely N-dealkylation sites (tertiary alicyclic amines) is 1. The normalized spacial score (nSPS) is 21.1. The summed E-state index contributed by atoms with van der Waals surface area (Å²) in [5.41, 5.74) is 4.35. The number of pyridine rings is 1. The van der Waals surface area contributed by atoms with Crippen LogP contribution in [0.25, 0.3) is 22.0 Å². The van der Waals surface area contributed by atoms with Crippen molar-refractivity contribution in [3.63, 3.8) is 0 Å². The third kappa shape index (κ3) is 5.25. The number of rotatable bonds is 6. The maximum Gasteiger partial charge on any atom is 0.163 e. The van der Waals surface area contributed by atoms with Gasteiger partial charge in [-0.15, -0.1) is 0 Å². The third-order valence-electron chi connectivity index (χ3n) is 7.35. The number of carbonyl (C=O) groups is 1. The van der Waals surface area contributed by atoms with Crippen LogP contribution < -0.4 is 5.32 Å². The van der Waals surface area contributed by atoms with Crippen LogP contribution in [0.15, 0.2) is 42.6 Å². The molecular weight excluding hydrogens is 465 g/mol. The molecule has 6 heteroatoms. The van der Waals surface area contributed by atoms with Gasteiger partial charge in [-0.3, -0.25) is 9.78 Å². The van der Waals surface area contributed by atoms with Gasteiger partial charge in [-0.2, -0.15) is 0 Å². The summed E-state index contributed by atoms with van der Waals surface area (Å²) in [7, 11) is 0. The Morgan fingerprint density at radius 3 is 2.38 bits per heavy atom. The van der Waals surface area contributed by atoms with Gasteiger partial charge in [-0.1, -0.05) is 29.3 Å². The molecule has 2 aromatic carbocycles. The molecule has 1 saturated heterocycles. The molecule has 1 aromatic heterocycles. The zero-order chi connectivity index (χ0) is 23.7. The minimum Gasteiger partial charge on any atom is -0.381 e. The molecule has 178 valence electrons. The lowest BCUT2D eigenvalue weighted by molar-refractivity contribution is 0.101. The van der Waals surface area contributed by atoms with Gasteiger partial charge in [0.25, 0.3) is 0 Å². The summed E-state index contributed by atoms with van der Waals surface area (Å²) < 4.78 is 0. The number of aromatic nitrogens is 1. The van der Waals surface area contributed by atoms with Gasteiger partial charge in [-0.25, -0.2) is 0 Å². The maximum atomic E-state index is 12.5. The molecule has 34 heavy (non-hydrogen) atoms. The highest BCUT2D eigenvalue weighted by atomic mass is 35.5. The van der Waals surface area contributed by atoms with E-state index in [1.165, 1.54) is 45.3 Å². The Hall–Kier alpha value is -2.14. The van der Waals surface area contributed by atoms with E-state index in [2.05, 4.69) is 21.3 Å². The van der Waals surface area contributed by atoms with E-state index in [1.54, 1.807) is 19.2 Å². The Morgan fingerprint density at radius 1 is 1.00 bits per heavy atom. The SMILES string of the molecule is CC(=O)c1cnc2ccc(-c3cc(Cl)cc(Cl)c3)cc2c1NC1CCC(CN2CCCC2)CC1. The lowest BCUT2D eigenvalue weighted by Gasteiger charge is -2.32. The molecule has 0 amide bonds. The molecule has 2 heterocycles. The summed E-state index contributed by atoms with van der Waals surface area (Å²) in [6, 6.07) is 12.0. The Kier molecular flexibility index (Phi) is 7.10. The Bertz CT molecular complexity index is 1180. The highest BCUT2D eigenvalue weighted by molar-refractivity contribution is 6.35. The number of Topliss-reactive ketones (excluding diaryl/α,β-unsaturated/α-hetero) is 1. The summed E-state index contributed by atoms with van der Waals surface area (Å²) in [4.78, 5) is 19.7. The first-order valence-corrected chi connectivity index (χ1v) is 13.1. The number of ketones is 1. The smallest absolute Gasteiger partial charge is 0.163 e. The molecule has 1 aliphatic carbocycles. The van der Waals surface area contributed by atoms with Gasteiger partial charge >= 0.3 is 0 Å². The number of fused-ring (bicyclic) bond motifs is 1. The first-order valence-electron chi connectivity index (χ1n) is 12.4. The molecule has 1 N–H and O–H groups in total. The number of hydrogen-bond donors (Lipinski definition) is 1. The van der Waals surface area contributed by atoms with E-state index in [4.69, 9.17) is 23.2 Å². The van der Waals surface area contributed by atoms with Crippen LogP contribution in [0.5, 0.6) is 0 Å². The first kappa shape index (κ1) is 23.6. The van der Waals surface area contributed by atoms with E-state index in [9.17, 15) is 4.79 Å². The Balaban J connectivity index is 1.42. The molecule has 0 radical (unpaired) electrons. The molecular formula is C28H31Cl2N3O. The zero-order valence-corrected chi connectivity index (χ0v) is 21.1. The van der Waals surface area contributed by atoms with E-state index in [0.29, 0.717) is 21.7 Å². The summed E-state index contributed by atoms with van der Waals surface area (Å²) >= 11 is 12.5. The van der Waals surface area contributed by atoms with Crippen LogP contribution in [0.2, 0.25) is 10.0 Å². The molecule has 5 rings (SSSR count). The van der Waals surface area contributed by atoms with Crippen LogP contribution in [0.3, 0.4) is 0 Å². The summed E-state index contributed by atoms with van der Waals surface area (Å²) in [6.45, 7) is 5.39. The molecule has 1 aliphatic heterocycles. The monoisotopic (exact) mass is 495 g/mol. The quantitative estimate of drug-likeness (QED) is 0.360. The average Bonchev–Trinajstić information content (AvgIpc) is 3.32. The number of benzene rings is 2. The van der Waals surface area contributed by atoms with Crippen LogP contribution >= 0.6 is 23.2 Å². The standard InChI is InChI=1S/C28H31Cl2N3O/c1-18(34)26-16-31-27-9-6-20(21-12-22(29)15-23(30)13-21)14-25(27)28(26)32-24-7-4-19(5-8-24)17-33-10-2-3-11-33/h6,9,12-16,19,24H,2-5,7-8,10-11,17H2,1H3,(H,31,32). The molecule has 2 fully saturated rings. The van der Waals surface area contributed by atoms with E-state index in [1.807, 2.05) is 24.3 Å². The topological polar surface area (TPSA) is 45.2 Å². The molecule has 2 aliphatic rings. The molecule has 3 aromatic rings. The number of hydrogen-bond acceptors (Lipinski definition) is 4. The molecule has 0 bridgehead atoms. The van der Waals surface area contributed by atoms with E-state index < -0.39 is 0 Å². The second kappa shape index (κ2) is 10.2. The molecule has 4 nitrogen and oxygen atoms in total. The van der Waals surface area contributed by atoms with Crippen LogP contribution in [0.1, 0.15) is 55.8 Å². The van der Waals surface area contributed by atoms with Crippen molar-refractivity contribution in [2.75, 3.05) is 25.0 Å². The summed E-state index contributed by atoms with van der Waals surface area (Å²) in [6.07, 6.45) is 9.14. The van der Waals surface area contributed by atoms with Crippen molar-refractivity contribution in [1.82, 2.24) is 9.88 Å². The van der Waals surface area contributed by atoms with Gasteiger partial charge in [0.05, 0.1) is 16.8 Å². The van der Waals surface area contributed by atoms with Gasteiger partial charge in [0.15, 0.2) is 5.78 Å². The fourth-order valence-electron chi connectivity index (χ4n) is 5.54. The first-order chi connectivity index (χ1) is 16.5. The third-order valence-corrected chi connectivity index (χ3v) is 7.79. The number of nitrogens with zero attached hydrogens (tertiary/aromatic N) is 2. The van der Waals surface area contributed by atoms with Crippen LogP contribution in [0, 0.1) is 5.92 Å². The van der Waals surface area contributed by atoms with Crippen molar-refractivity contribution in [3.8, 4) is 11.1 Å². The summed E-state index contributed by atoms with van der Waals surface area (Å²) in [5, 5.41) is 5.92. The minimum atomic E-state index is 0.0239. The zero-order valence-electron chi connectivity index (χ0n) is 19.6. The fraction of sp³-hybridized carbons (Fsp3) is 0.429. The van der Waals surface area contributed by atoms with Gasteiger partial charge in [0, 0.05) is 34.2 Å². The van der Waals surface area contributed by atoms with Gasteiger partial charge in [0.1, 0.15) is 0 Å². The minimum absolute atomic E-state index is 0.0239. The van der Waals surface area contributed by atoms with Crippen molar-refractivity contribution in [3.05, 3.63) is 58.2 Å². The van der Waals surface area contributed by atoms with Gasteiger partial charge in [-0.05, 0) is 106 Å². The van der Waals surface area contributed by atoms with Crippen molar-refractivity contribution < 1.29 is 4.79 Å². The van der Waals surface area contributed by atoms with Crippen molar-refractivity contribution in [2.45, 2.75) is 51.5 Å². The number of anilines is 1. The molecule has 0 atom stereocenters. The largest absolute Gasteiger partial charge is 0.381 e. The lowest BCUT2D eigenvalue weighted by atomic mass is 9.85. The molecule has 1 saturated carbocycles. The Labute approximate surface area is 211 Å². The van der Waals surface area contributed by atoms with Gasteiger partial charge in [0.2, 0.25) is 0 Å². The van der Waals surface area contributed by atoms with Crippen LogP contribution in [-0.4, -0.2) is 41.3 Å². The highest BCUT2D eigenvalue weighted by Gasteiger charge is 2.25. The molecule has 0 spiro atoms. The fourth-order valence-corrected chi connectivity index (χ4v) is 6.06. The predicted octanol–water partition coefficient (Wildman–Crippen LogP) is 7.48. The van der Waals surface area contributed by atoms with Crippen LogP contribution in [-0.2, 0) is 0 Å². The number of nitrogens with one attached hydrogen (secondary N) is 1. The van der Waals surface area contributed by atoms with E-state index in [-0.39, 0.29) is 5.78 Å². The maximum absolute atomic E-state index is 12.5. The lowest BCUT2D eigenvalue weighted by Crippen LogP contribution is -2.33. The second-order valence-corrected chi connectivity index (χ2v) is 10.7. The molecule has 0 unspecified atom stereocenters. The Morgan fingerprint density at radius 2 is 1.71 bits per heavy atom. The summed E-state index contributed by atoms with van der Waals surface area (Å²) in [5.74, 6) is 0.813. The predicted molar refractivity (Wildman–Crippen MR) is 142 cm³/mol. The average molecular weight is 496 g/mol. The number of carbonyl (C=O) groups excluding carboxylic acids is 1. The highest BCUT2D eigenvalue weighted by Crippen LogP contribution is 2.35. The number of halogens is 2. The van der Waals surface area contributed by atoms with Gasteiger partial charge < -0.3 is 10.2 Å². The van der Waals surface area contributed by atoms with E-state index >= 15 is 0 Å². The van der Waals surface area contributed by atoms with Crippen molar-refractivity contribution >= 4 is 45.6 Å². The van der Waals surface area contributed by atoms with Crippen LogP contribution in [0.4, 0.5) is 5.69 Å². The van der Waals surface area contributed by atoms with Crippen molar-refractivity contribution in [2.24, 2.45) is 5.92 Å². The second-order valence-electron chi connectivity index (χ2n) is 9.86. The van der Waals surface area contributed by atoms with Crippen molar-refractivity contribution in [1.29, 1.82) is 0 Å². The van der Waals surface area contributed by atoms with E-state index in [0.717, 1.165) is 46.5 Å².